The van der Waals surface area contributed by atoms with Crippen molar-refractivity contribution < 1.29 is 9.32 Å². The number of aryl methyl sites for hydroxylation is 1. The number of rotatable bonds is 3. The summed E-state index contributed by atoms with van der Waals surface area (Å²) >= 11 is 0. The maximum Gasteiger partial charge on any atom is 0.294 e. The third-order valence-electron chi connectivity index (χ3n) is 2.66. The van der Waals surface area contributed by atoms with Gasteiger partial charge < -0.3 is 9.84 Å². The fraction of sp³-hybridized carbons (Fsp3) is 0.0769. The number of hydrogen-bond acceptors (Lipinski definition) is 5. The molecule has 2 N–H and O–H groups in total. The molecule has 0 aliphatic rings. The average molecular weight is 269 g/mol. The summed E-state index contributed by atoms with van der Waals surface area (Å²) in [6.07, 6.45) is 1.43. The molecular weight excluding hydrogens is 258 g/mol. The molecule has 0 atom stereocenters. The number of aromatic nitrogens is 4. The predicted octanol–water partition coefficient (Wildman–Crippen LogP) is 2.02. The number of benzene rings is 1. The Morgan fingerprint density at radius 2 is 2.25 bits per heavy atom. The van der Waals surface area contributed by atoms with E-state index in [1.165, 1.54) is 6.33 Å². The van der Waals surface area contributed by atoms with Crippen LogP contribution in [0, 0.1) is 6.92 Å². The van der Waals surface area contributed by atoms with Crippen LogP contribution in [0.1, 0.15) is 16.2 Å². The predicted molar refractivity (Wildman–Crippen MR) is 71.0 cm³/mol. The van der Waals surface area contributed by atoms with Gasteiger partial charge in [0, 0.05) is 17.3 Å². The highest BCUT2D eigenvalue weighted by Crippen LogP contribution is 2.19. The smallest absolute Gasteiger partial charge is 0.294 e. The van der Waals surface area contributed by atoms with E-state index in [4.69, 9.17) is 4.52 Å². The molecule has 7 heteroatoms. The number of anilines is 1. The van der Waals surface area contributed by atoms with Crippen molar-refractivity contribution in [2.45, 2.75) is 6.92 Å². The lowest BCUT2D eigenvalue weighted by molar-refractivity contribution is 0.0988. The lowest BCUT2D eigenvalue weighted by atomic mass is 10.2. The first-order valence-corrected chi connectivity index (χ1v) is 5.93. The van der Waals surface area contributed by atoms with Gasteiger partial charge in [0.1, 0.15) is 6.33 Å². The van der Waals surface area contributed by atoms with Crippen LogP contribution in [-0.2, 0) is 0 Å². The molecule has 2 heterocycles. The monoisotopic (exact) mass is 269 g/mol. The summed E-state index contributed by atoms with van der Waals surface area (Å²) in [4.78, 5) is 16.0. The highest BCUT2D eigenvalue weighted by molar-refractivity contribution is 6.02. The fourth-order valence-electron chi connectivity index (χ4n) is 1.75. The largest absolute Gasteiger partial charge is 0.351 e. The first-order chi connectivity index (χ1) is 9.72. The van der Waals surface area contributed by atoms with Crippen molar-refractivity contribution in [1.29, 1.82) is 0 Å². The molecule has 0 unspecified atom stereocenters. The van der Waals surface area contributed by atoms with Crippen LogP contribution in [0.25, 0.3) is 11.4 Å². The number of nitrogens with one attached hydrogen (secondary N) is 2. The van der Waals surface area contributed by atoms with Gasteiger partial charge in [-0.25, -0.2) is 4.98 Å². The summed E-state index contributed by atoms with van der Waals surface area (Å²) in [5.41, 5.74) is 2.12. The topological polar surface area (TPSA) is 96.7 Å². The molecule has 0 saturated carbocycles. The molecule has 0 radical (unpaired) electrons. The SMILES string of the molecule is Cc1cc(C(=O)Nc2cccc(-c3ncn[nH]3)c2)on1. The van der Waals surface area contributed by atoms with Gasteiger partial charge in [-0.2, -0.15) is 5.10 Å². The normalized spacial score (nSPS) is 10.4. The summed E-state index contributed by atoms with van der Waals surface area (Å²) < 4.78 is 4.91. The Bertz CT molecular complexity index is 733. The molecule has 1 aromatic carbocycles. The Hall–Kier alpha value is -2.96. The molecule has 1 amide bonds. The van der Waals surface area contributed by atoms with E-state index in [9.17, 15) is 4.79 Å². The van der Waals surface area contributed by atoms with Crippen LogP contribution in [0.5, 0.6) is 0 Å². The van der Waals surface area contributed by atoms with Crippen molar-refractivity contribution in [2.24, 2.45) is 0 Å². The zero-order valence-corrected chi connectivity index (χ0v) is 10.6. The van der Waals surface area contributed by atoms with Gasteiger partial charge in [0.15, 0.2) is 5.82 Å². The molecule has 100 valence electrons. The van der Waals surface area contributed by atoms with Gasteiger partial charge in [0.2, 0.25) is 5.76 Å². The molecule has 2 aromatic heterocycles. The van der Waals surface area contributed by atoms with E-state index in [-0.39, 0.29) is 11.7 Å². The summed E-state index contributed by atoms with van der Waals surface area (Å²) in [6.45, 7) is 1.75. The lowest BCUT2D eigenvalue weighted by Crippen LogP contribution is -2.10. The van der Waals surface area contributed by atoms with Crippen molar-refractivity contribution in [1.82, 2.24) is 20.3 Å². The molecule has 3 rings (SSSR count). The minimum atomic E-state index is -0.347. The third kappa shape index (κ3) is 2.41. The molecule has 0 fully saturated rings. The van der Waals surface area contributed by atoms with Crippen LogP contribution in [0.4, 0.5) is 5.69 Å². The van der Waals surface area contributed by atoms with E-state index in [0.717, 1.165) is 5.56 Å². The molecule has 0 aliphatic carbocycles. The maximum atomic E-state index is 11.9. The number of H-pyrrole nitrogens is 1. The van der Waals surface area contributed by atoms with Gasteiger partial charge in [-0.15, -0.1) is 0 Å². The van der Waals surface area contributed by atoms with E-state index in [2.05, 4.69) is 25.7 Å². The Labute approximate surface area is 114 Å². The summed E-state index contributed by atoms with van der Waals surface area (Å²) in [6, 6.07) is 8.84. The Morgan fingerprint density at radius 3 is 2.95 bits per heavy atom. The number of carbonyl (C=O) groups is 1. The van der Waals surface area contributed by atoms with Gasteiger partial charge in [-0.05, 0) is 19.1 Å². The van der Waals surface area contributed by atoms with Crippen LogP contribution in [0.15, 0.2) is 41.2 Å². The minimum Gasteiger partial charge on any atom is -0.351 e. The Morgan fingerprint density at radius 1 is 1.35 bits per heavy atom. The van der Waals surface area contributed by atoms with Gasteiger partial charge in [0.05, 0.1) is 5.69 Å². The number of carbonyl (C=O) groups excluding carboxylic acids is 1. The number of nitrogens with zero attached hydrogens (tertiary/aromatic N) is 3. The molecule has 0 saturated heterocycles. The second-order valence-corrected chi connectivity index (χ2v) is 4.20. The van der Waals surface area contributed by atoms with E-state index >= 15 is 0 Å². The number of hydrogen-bond donors (Lipinski definition) is 2. The second kappa shape index (κ2) is 4.96. The highest BCUT2D eigenvalue weighted by Gasteiger charge is 2.12. The molecule has 0 spiro atoms. The van der Waals surface area contributed by atoms with E-state index < -0.39 is 0 Å². The Kier molecular flexibility index (Phi) is 3.00. The van der Waals surface area contributed by atoms with E-state index in [1.807, 2.05) is 12.1 Å². The van der Waals surface area contributed by atoms with Crippen molar-refractivity contribution >= 4 is 11.6 Å². The van der Waals surface area contributed by atoms with E-state index in [0.29, 0.717) is 17.2 Å². The zero-order valence-electron chi connectivity index (χ0n) is 10.6. The summed E-state index contributed by atoms with van der Waals surface area (Å²) in [7, 11) is 0. The molecule has 20 heavy (non-hydrogen) atoms. The number of amides is 1. The first kappa shape index (κ1) is 12.1. The molecule has 7 nitrogen and oxygen atoms in total. The molecule has 3 aromatic rings. The molecular formula is C13H11N5O2. The Balaban J connectivity index is 1.81. The van der Waals surface area contributed by atoms with Crippen molar-refractivity contribution in [3.8, 4) is 11.4 Å². The minimum absolute atomic E-state index is 0.174. The van der Waals surface area contributed by atoms with Crippen molar-refractivity contribution in [3.63, 3.8) is 0 Å². The van der Waals surface area contributed by atoms with Gasteiger partial charge in [-0.1, -0.05) is 17.3 Å². The van der Waals surface area contributed by atoms with Gasteiger partial charge in [-0.3, -0.25) is 9.89 Å². The van der Waals surface area contributed by atoms with Crippen LogP contribution in [0.3, 0.4) is 0 Å². The van der Waals surface area contributed by atoms with Crippen LogP contribution >= 0.6 is 0 Å². The van der Waals surface area contributed by atoms with Gasteiger partial charge in [0.25, 0.3) is 5.91 Å². The summed E-state index contributed by atoms with van der Waals surface area (Å²) in [5.74, 6) is 0.462. The first-order valence-electron chi connectivity index (χ1n) is 5.93. The van der Waals surface area contributed by atoms with E-state index in [1.54, 1.807) is 25.1 Å². The highest BCUT2D eigenvalue weighted by atomic mass is 16.5. The third-order valence-corrected chi connectivity index (χ3v) is 2.66. The van der Waals surface area contributed by atoms with Crippen molar-refractivity contribution in [3.05, 3.63) is 48.1 Å². The maximum absolute atomic E-state index is 11.9. The lowest BCUT2D eigenvalue weighted by Gasteiger charge is -2.04. The molecule has 0 bridgehead atoms. The van der Waals surface area contributed by atoms with Crippen LogP contribution in [0.2, 0.25) is 0 Å². The quantitative estimate of drug-likeness (QED) is 0.758. The van der Waals surface area contributed by atoms with Gasteiger partial charge >= 0.3 is 0 Å². The zero-order chi connectivity index (χ0) is 13.9. The molecule has 0 aliphatic heterocycles. The number of aromatic amines is 1. The standard InChI is InChI=1S/C13H11N5O2/c1-8-5-11(20-18-8)13(19)16-10-4-2-3-9(6-10)12-14-7-15-17-12/h2-7H,1H3,(H,16,19)(H,14,15,17). The van der Waals surface area contributed by atoms with Crippen LogP contribution < -0.4 is 5.32 Å². The summed E-state index contributed by atoms with van der Waals surface area (Å²) in [5, 5.41) is 13.0. The second-order valence-electron chi connectivity index (χ2n) is 4.20. The fourth-order valence-corrected chi connectivity index (χ4v) is 1.75. The van der Waals surface area contributed by atoms with Crippen LogP contribution in [-0.4, -0.2) is 26.2 Å². The van der Waals surface area contributed by atoms with Crippen molar-refractivity contribution in [2.75, 3.05) is 5.32 Å². The average Bonchev–Trinajstić information content (AvgIpc) is 3.10.